The van der Waals surface area contributed by atoms with Gasteiger partial charge in [-0.25, -0.2) is 9.97 Å². The number of halogens is 3. The standard InChI is InChI=1S/C18H21F3N4/c1-2-15-8-3-4-9-25(15)17-11-16(22-12-23-17)24-14-7-5-6-13(10-14)18(19,20)21/h5-7,10-12,15H,2-4,8-9H2,1H3,(H,22,23,24). The molecule has 1 atom stereocenters. The highest BCUT2D eigenvalue weighted by Gasteiger charge is 2.30. The zero-order chi connectivity index (χ0) is 17.9. The van der Waals surface area contributed by atoms with Crippen LogP contribution in [0.2, 0.25) is 0 Å². The quantitative estimate of drug-likeness (QED) is 0.842. The maximum absolute atomic E-state index is 12.8. The fourth-order valence-electron chi connectivity index (χ4n) is 3.22. The Morgan fingerprint density at radius 1 is 1.20 bits per heavy atom. The van der Waals surface area contributed by atoms with Gasteiger partial charge in [0.15, 0.2) is 0 Å². The molecule has 1 fully saturated rings. The first-order valence-electron chi connectivity index (χ1n) is 8.50. The highest BCUT2D eigenvalue weighted by molar-refractivity contribution is 5.60. The summed E-state index contributed by atoms with van der Waals surface area (Å²) in [6.07, 6.45) is 1.60. The van der Waals surface area contributed by atoms with Gasteiger partial charge in [0.05, 0.1) is 5.56 Å². The van der Waals surface area contributed by atoms with E-state index in [-0.39, 0.29) is 0 Å². The van der Waals surface area contributed by atoms with Crippen molar-refractivity contribution in [3.05, 3.63) is 42.2 Å². The van der Waals surface area contributed by atoms with E-state index in [0.29, 0.717) is 17.5 Å². The number of rotatable bonds is 4. The Morgan fingerprint density at radius 2 is 2.04 bits per heavy atom. The summed E-state index contributed by atoms with van der Waals surface area (Å²) in [5.41, 5.74) is -0.334. The summed E-state index contributed by atoms with van der Waals surface area (Å²) in [6, 6.07) is 7.35. The number of alkyl halides is 3. The van der Waals surface area contributed by atoms with Crippen molar-refractivity contribution < 1.29 is 13.2 Å². The van der Waals surface area contributed by atoms with Crippen molar-refractivity contribution >= 4 is 17.3 Å². The van der Waals surface area contributed by atoms with Crippen molar-refractivity contribution in [3.63, 3.8) is 0 Å². The molecule has 25 heavy (non-hydrogen) atoms. The zero-order valence-electron chi connectivity index (χ0n) is 14.1. The fraction of sp³-hybridized carbons (Fsp3) is 0.444. The SMILES string of the molecule is CCC1CCCCN1c1cc(Nc2cccc(C(F)(F)F)c2)ncn1. The second kappa shape index (κ2) is 7.29. The van der Waals surface area contributed by atoms with Crippen molar-refractivity contribution in [2.75, 3.05) is 16.8 Å². The number of hydrogen-bond donors (Lipinski definition) is 1. The summed E-state index contributed by atoms with van der Waals surface area (Å²) < 4.78 is 38.5. The topological polar surface area (TPSA) is 41.0 Å². The molecule has 0 radical (unpaired) electrons. The van der Waals surface area contributed by atoms with Crippen LogP contribution in [0.5, 0.6) is 0 Å². The fourth-order valence-corrected chi connectivity index (χ4v) is 3.22. The minimum Gasteiger partial charge on any atom is -0.353 e. The second-order valence-corrected chi connectivity index (χ2v) is 6.22. The second-order valence-electron chi connectivity index (χ2n) is 6.22. The van der Waals surface area contributed by atoms with E-state index in [1.165, 1.54) is 18.8 Å². The molecule has 1 N–H and O–H groups in total. The van der Waals surface area contributed by atoms with E-state index in [2.05, 4.69) is 27.1 Å². The molecule has 1 aliphatic heterocycles. The molecule has 4 nitrogen and oxygen atoms in total. The maximum Gasteiger partial charge on any atom is 0.416 e. The summed E-state index contributed by atoms with van der Waals surface area (Å²) in [5.74, 6) is 1.31. The van der Waals surface area contributed by atoms with Gasteiger partial charge in [0.25, 0.3) is 0 Å². The molecule has 2 heterocycles. The van der Waals surface area contributed by atoms with Gasteiger partial charge < -0.3 is 10.2 Å². The first kappa shape index (κ1) is 17.5. The van der Waals surface area contributed by atoms with Crippen LogP contribution in [0.15, 0.2) is 36.7 Å². The van der Waals surface area contributed by atoms with Crippen LogP contribution in [0.25, 0.3) is 0 Å². The van der Waals surface area contributed by atoms with E-state index in [1.807, 2.05) is 0 Å². The molecule has 2 aromatic rings. The number of hydrogen-bond acceptors (Lipinski definition) is 4. The van der Waals surface area contributed by atoms with Crippen molar-refractivity contribution in [1.82, 2.24) is 9.97 Å². The average Bonchev–Trinajstić information content (AvgIpc) is 2.61. The van der Waals surface area contributed by atoms with Crippen LogP contribution in [0.4, 0.5) is 30.5 Å². The molecule has 7 heteroatoms. The van der Waals surface area contributed by atoms with Crippen molar-refractivity contribution in [2.45, 2.75) is 44.8 Å². The zero-order valence-corrected chi connectivity index (χ0v) is 14.1. The lowest BCUT2D eigenvalue weighted by molar-refractivity contribution is -0.137. The summed E-state index contributed by atoms with van der Waals surface area (Å²) >= 11 is 0. The van der Waals surface area contributed by atoms with E-state index in [0.717, 1.165) is 43.8 Å². The number of nitrogens with zero attached hydrogens (tertiary/aromatic N) is 3. The van der Waals surface area contributed by atoms with Gasteiger partial charge in [-0.1, -0.05) is 13.0 Å². The Labute approximate surface area is 145 Å². The van der Waals surface area contributed by atoms with Gasteiger partial charge in [-0.05, 0) is 43.9 Å². The molecule has 134 valence electrons. The third-order valence-electron chi connectivity index (χ3n) is 4.51. The average molecular weight is 350 g/mol. The number of anilines is 3. The third-order valence-corrected chi connectivity index (χ3v) is 4.51. The van der Waals surface area contributed by atoms with E-state index >= 15 is 0 Å². The summed E-state index contributed by atoms with van der Waals surface area (Å²) in [7, 11) is 0. The summed E-state index contributed by atoms with van der Waals surface area (Å²) in [5, 5.41) is 2.95. The molecule has 1 aromatic heterocycles. The highest BCUT2D eigenvalue weighted by Crippen LogP contribution is 2.32. The normalized spacial score (nSPS) is 18.2. The Kier molecular flexibility index (Phi) is 5.11. The molecule has 0 saturated carbocycles. The van der Waals surface area contributed by atoms with Gasteiger partial charge in [0.2, 0.25) is 0 Å². The minimum atomic E-state index is -4.36. The van der Waals surface area contributed by atoms with Crippen LogP contribution in [-0.4, -0.2) is 22.6 Å². The molecule has 1 saturated heterocycles. The van der Waals surface area contributed by atoms with Crippen LogP contribution < -0.4 is 10.2 Å². The van der Waals surface area contributed by atoms with Crippen molar-refractivity contribution in [1.29, 1.82) is 0 Å². The van der Waals surface area contributed by atoms with Gasteiger partial charge in [-0.15, -0.1) is 0 Å². The first-order chi connectivity index (χ1) is 12.0. The van der Waals surface area contributed by atoms with Gasteiger partial charge in [-0.3, -0.25) is 0 Å². The van der Waals surface area contributed by atoms with Crippen molar-refractivity contribution in [2.24, 2.45) is 0 Å². The lowest BCUT2D eigenvalue weighted by Gasteiger charge is -2.36. The molecule has 0 amide bonds. The Morgan fingerprint density at radius 3 is 2.80 bits per heavy atom. The van der Waals surface area contributed by atoms with Gasteiger partial charge in [-0.2, -0.15) is 13.2 Å². The molecule has 1 aliphatic rings. The molecule has 1 unspecified atom stereocenters. The third kappa shape index (κ3) is 4.21. The molecule has 3 rings (SSSR count). The van der Waals surface area contributed by atoms with E-state index in [4.69, 9.17) is 0 Å². The van der Waals surface area contributed by atoms with Gasteiger partial charge in [0, 0.05) is 24.3 Å². The molecule has 1 aromatic carbocycles. The lowest BCUT2D eigenvalue weighted by Crippen LogP contribution is -2.39. The van der Waals surface area contributed by atoms with Crippen LogP contribution in [0.3, 0.4) is 0 Å². The number of benzene rings is 1. The van der Waals surface area contributed by atoms with Gasteiger partial charge in [0.1, 0.15) is 18.0 Å². The van der Waals surface area contributed by atoms with Crippen LogP contribution in [0, 0.1) is 0 Å². The van der Waals surface area contributed by atoms with E-state index in [9.17, 15) is 13.2 Å². The number of nitrogens with one attached hydrogen (secondary N) is 1. The molecule has 0 bridgehead atoms. The monoisotopic (exact) mass is 350 g/mol. The molecular formula is C18H21F3N4. The Balaban J connectivity index is 1.80. The highest BCUT2D eigenvalue weighted by atomic mass is 19.4. The van der Waals surface area contributed by atoms with E-state index in [1.54, 1.807) is 12.1 Å². The van der Waals surface area contributed by atoms with Gasteiger partial charge >= 0.3 is 6.18 Å². The predicted molar refractivity (Wildman–Crippen MR) is 92.0 cm³/mol. The van der Waals surface area contributed by atoms with E-state index < -0.39 is 11.7 Å². The van der Waals surface area contributed by atoms with Crippen LogP contribution >= 0.6 is 0 Å². The van der Waals surface area contributed by atoms with Crippen LogP contribution in [0.1, 0.15) is 38.2 Å². The Hall–Kier alpha value is -2.31. The number of aromatic nitrogens is 2. The largest absolute Gasteiger partial charge is 0.416 e. The molecule has 0 aliphatic carbocycles. The minimum absolute atomic E-state index is 0.352. The number of piperidine rings is 1. The molecular weight excluding hydrogens is 329 g/mol. The smallest absolute Gasteiger partial charge is 0.353 e. The maximum atomic E-state index is 12.8. The first-order valence-corrected chi connectivity index (χ1v) is 8.50. The predicted octanol–water partition coefficient (Wildman–Crippen LogP) is 5.01. The Bertz CT molecular complexity index is 717. The lowest BCUT2D eigenvalue weighted by atomic mass is 10.0. The van der Waals surface area contributed by atoms with Crippen LogP contribution in [-0.2, 0) is 6.18 Å². The summed E-state index contributed by atoms with van der Waals surface area (Å²) in [4.78, 5) is 10.8. The molecule has 0 spiro atoms. The summed E-state index contributed by atoms with van der Waals surface area (Å²) in [6.45, 7) is 3.10. The van der Waals surface area contributed by atoms with Crippen molar-refractivity contribution in [3.8, 4) is 0 Å².